The number of methoxy groups -OCH3 is 1. The maximum absolute atomic E-state index is 10.1. The van der Waals surface area contributed by atoms with Gasteiger partial charge in [0.1, 0.15) is 17.0 Å². The summed E-state index contributed by atoms with van der Waals surface area (Å²) in [6.07, 6.45) is 2.13. The Kier molecular flexibility index (Phi) is 3.43. The lowest BCUT2D eigenvalue weighted by Gasteiger charge is -2.25. The van der Waals surface area contributed by atoms with Gasteiger partial charge in [-0.2, -0.15) is 0 Å². The quantitative estimate of drug-likeness (QED) is 0.741. The van der Waals surface area contributed by atoms with Crippen molar-refractivity contribution in [2.75, 3.05) is 13.7 Å². The van der Waals surface area contributed by atoms with Gasteiger partial charge in [-0.3, -0.25) is 4.98 Å². The molecular weight excluding hydrogens is 180 g/mol. The average molecular weight is 196 g/mol. The summed E-state index contributed by atoms with van der Waals surface area (Å²) < 4.78 is 5.12. The van der Waals surface area contributed by atoms with Gasteiger partial charge in [-0.15, -0.1) is 0 Å². The van der Waals surface area contributed by atoms with Crippen molar-refractivity contribution in [1.29, 1.82) is 0 Å². The van der Waals surface area contributed by atoms with Gasteiger partial charge in [-0.05, 0) is 18.6 Å². The van der Waals surface area contributed by atoms with E-state index >= 15 is 0 Å². The molecule has 1 heterocycles. The highest BCUT2D eigenvalue weighted by molar-refractivity contribution is 5.31. The Balaban J connectivity index is 3.15. The van der Waals surface area contributed by atoms with Crippen LogP contribution in [0.15, 0.2) is 18.3 Å². The number of rotatable bonds is 4. The molecule has 0 radical (unpaired) electrons. The Morgan fingerprint density at radius 3 is 2.86 bits per heavy atom. The Hall–Kier alpha value is -1.13. The predicted molar refractivity (Wildman–Crippen MR) is 54.0 cm³/mol. The van der Waals surface area contributed by atoms with Gasteiger partial charge in [0.05, 0.1) is 7.11 Å². The Morgan fingerprint density at radius 2 is 2.36 bits per heavy atom. The van der Waals surface area contributed by atoms with Crippen LogP contribution in [0.1, 0.15) is 19.0 Å². The highest BCUT2D eigenvalue weighted by Crippen LogP contribution is 2.29. The second-order valence-electron chi connectivity index (χ2n) is 3.14. The van der Waals surface area contributed by atoms with E-state index in [2.05, 4.69) is 4.98 Å². The van der Waals surface area contributed by atoms with E-state index in [0.29, 0.717) is 17.9 Å². The normalized spacial score (nSPS) is 14.9. The first-order valence-electron chi connectivity index (χ1n) is 4.60. The van der Waals surface area contributed by atoms with Crippen LogP contribution in [-0.4, -0.2) is 23.7 Å². The molecule has 1 aromatic heterocycles. The van der Waals surface area contributed by atoms with Crippen molar-refractivity contribution in [1.82, 2.24) is 4.98 Å². The number of hydrogen-bond acceptors (Lipinski definition) is 4. The van der Waals surface area contributed by atoms with Gasteiger partial charge in [-0.1, -0.05) is 6.92 Å². The van der Waals surface area contributed by atoms with Gasteiger partial charge in [0, 0.05) is 12.7 Å². The molecule has 1 unspecified atom stereocenters. The number of ether oxygens (including phenoxy) is 1. The molecular formula is C10H16N2O2. The fourth-order valence-electron chi connectivity index (χ4n) is 1.31. The Labute approximate surface area is 83.7 Å². The fourth-order valence-corrected chi connectivity index (χ4v) is 1.31. The fraction of sp³-hybridized carbons (Fsp3) is 0.500. The van der Waals surface area contributed by atoms with E-state index in [1.54, 1.807) is 25.4 Å². The van der Waals surface area contributed by atoms with E-state index in [9.17, 15) is 5.11 Å². The average Bonchev–Trinajstić information content (AvgIpc) is 2.28. The first-order chi connectivity index (χ1) is 6.68. The summed E-state index contributed by atoms with van der Waals surface area (Å²) in [4.78, 5) is 4.11. The molecule has 1 rings (SSSR count). The van der Waals surface area contributed by atoms with Crippen LogP contribution < -0.4 is 10.5 Å². The third kappa shape index (κ3) is 1.86. The van der Waals surface area contributed by atoms with E-state index in [1.165, 1.54) is 0 Å². The van der Waals surface area contributed by atoms with E-state index in [4.69, 9.17) is 10.5 Å². The van der Waals surface area contributed by atoms with E-state index in [0.717, 1.165) is 0 Å². The molecule has 3 N–H and O–H groups in total. The van der Waals surface area contributed by atoms with Crippen LogP contribution >= 0.6 is 0 Å². The van der Waals surface area contributed by atoms with Crippen LogP contribution in [-0.2, 0) is 5.60 Å². The number of pyridine rings is 1. The van der Waals surface area contributed by atoms with Crippen LogP contribution in [0.4, 0.5) is 0 Å². The van der Waals surface area contributed by atoms with E-state index < -0.39 is 5.60 Å². The van der Waals surface area contributed by atoms with Crippen molar-refractivity contribution >= 4 is 0 Å². The SMILES string of the molecule is CCC(O)(CN)c1ncccc1OC. The maximum atomic E-state index is 10.1. The van der Waals surface area contributed by atoms with Crippen molar-refractivity contribution in [3.05, 3.63) is 24.0 Å². The van der Waals surface area contributed by atoms with Gasteiger partial charge in [0.15, 0.2) is 0 Å². The van der Waals surface area contributed by atoms with Crippen LogP contribution in [0.3, 0.4) is 0 Å². The number of nitrogens with two attached hydrogens (primary N) is 1. The van der Waals surface area contributed by atoms with Gasteiger partial charge in [-0.25, -0.2) is 0 Å². The minimum atomic E-state index is -1.09. The van der Waals surface area contributed by atoms with Crippen molar-refractivity contribution < 1.29 is 9.84 Å². The van der Waals surface area contributed by atoms with Gasteiger partial charge >= 0.3 is 0 Å². The van der Waals surface area contributed by atoms with Gasteiger partial charge in [0.2, 0.25) is 0 Å². The van der Waals surface area contributed by atoms with Gasteiger partial charge < -0.3 is 15.6 Å². The molecule has 1 atom stereocenters. The number of nitrogens with zero attached hydrogens (tertiary/aromatic N) is 1. The van der Waals surface area contributed by atoms with Crippen LogP contribution in [0.2, 0.25) is 0 Å². The molecule has 1 aromatic rings. The standard InChI is InChI=1S/C10H16N2O2/c1-3-10(13,7-11)9-8(14-2)5-4-6-12-9/h4-6,13H,3,7,11H2,1-2H3. The summed E-state index contributed by atoms with van der Waals surface area (Å²) in [6.45, 7) is 2.00. The summed E-state index contributed by atoms with van der Waals surface area (Å²) in [5, 5.41) is 10.1. The second-order valence-corrected chi connectivity index (χ2v) is 3.14. The number of aromatic nitrogens is 1. The zero-order valence-electron chi connectivity index (χ0n) is 8.53. The largest absolute Gasteiger partial charge is 0.495 e. The summed E-state index contributed by atoms with van der Waals surface area (Å²) in [7, 11) is 1.55. The molecule has 4 heteroatoms. The van der Waals surface area contributed by atoms with Crippen molar-refractivity contribution in [2.24, 2.45) is 5.73 Å². The lowest BCUT2D eigenvalue weighted by Crippen LogP contribution is -2.35. The minimum absolute atomic E-state index is 0.136. The molecule has 0 aliphatic rings. The van der Waals surface area contributed by atoms with Crippen LogP contribution in [0.5, 0.6) is 5.75 Å². The Bertz CT molecular complexity index is 298. The molecule has 0 saturated carbocycles. The summed E-state index contributed by atoms with van der Waals surface area (Å²) >= 11 is 0. The minimum Gasteiger partial charge on any atom is -0.495 e. The third-order valence-corrected chi connectivity index (χ3v) is 2.35. The number of hydrogen-bond donors (Lipinski definition) is 2. The first kappa shape index (κ1) is 10.9. The Morgan fingerprint density at radius 1 is 1.64 bits per heavy atom. The molecule has 0 amide bonds. The third-order valence-electron chi connectivity index (χ3n) is 2.35. The highest BCUT2D eigenvalue weighted by atomic mass is 16.5. The van der Waals surface area contributed by atoms with E-state index in [-0.39, 0.29) is 6.54 Å². The molecule has 0 aliphatic heterocycles. The molecule has 0 bridgehead atoms. The molecule has 0 aromatic carbocycles. The van der Waals surface area contributed by atoms with Crippen molar-refractivity contribution in [3.8, 4) is 5.75 Å². The summed E-state index contributed by atoms with van der Waals surface area (Å²) in [5.41, 5.74) is 4.94. The summed E-state index contributed by atoms with van der Waals surface area (Å²) in [6, 6.07) is 3.52. The molecule has 0 fully saturated rings. The van der Waals surface area contributed by atoms with Crippen molar-refractivity contribution in [2.45, 2.75) is 18.9 Å². The van der Waals surface area contributed by atoms with Gasteiger partial charge in [0.25, 0.3) is 0 Å². The predicted octanol–water partition coefficient (Wildman–Crippen LogP) is 0.646. The molecule has 4 nitrogen and oxygen atoms in total. The number of aliphatic hydroxyl groups is 1. The summed E-state index contributed by atoms with van der Waals surface area (Å²) in [5.74, 6) is 0.572. The van der Waals surface area contributed by atoms with E-state index in [1.807, 2.05) is 6.92 Å². The lowest BCUT2D eigenvalue weighted by atomic mass is 9.95. The smallest absolute Gasteiger partial charge is 0.143 e. The molecule has 14 heavy (non-hydrogen) atoms. The van der Waals surface area contributed by atoms with Crippen LogP contribution in [0, 0.1) is 0 Å². The topological polar surface area (TPSA) is 68.4 Å². The van der Waals surface area contributed by atoms with Crippen molar-refractivity contribution in [3.63, 3.8) is 0 Å². The van der Waals surface area contributed by atoms with Crippen LogP contribution in [0.25, 0.3) is 0 Å². The molecule has 0 aliphatic carbocycles. The zero-order chi connectivity index (χ0) is 10.6. The molecule has 0 spiro atoms. The second kappa shape index (κ2) is 4.39. The monoisotopic (exact) mass is 196 g/mol. The maximum Gasteiger partial charge on any atom is 0.143 e. The molecule has 0 saturated heterocycles. The zero-order valence-corrected chi connectivity index (χ0v) is 8.53. The molecule has 78 valence electrons. The highest BCUT2D eigenvalue weighted by Gasteiger charge is 2.30. The lowest BCUT2D eigenvalue weighted by molar-refractivity contribution is 0.0348. The first-order valence-corrected chi connectivity index (χ1v) is 4.60.